The van der Waals surface area contributed by atoms with E-state index >= 15 is 0 Å². The SMILES string of the molecule is CC(C)=CC(=O)N(CCN(C)C)Cc1cccnc1. The normalized spacial score (nSPS) is 10.4. The number of hydrogen-bond acceptors (Lipinski definition) is 3. The lowest BCUT2D eigenvalue weighted by Crippen LogP contribution is -2.35. The summed E-state index contributed by atoms with van der Waals surface area (Å²) in [6.07, 6.45) is 5.23. The monoisotopic (exact) mass is 261 g/mol. The molecule has 0 N–H and O–H groups in total. The number of rotatable bonds is 6. The second-order valence-electron chi connectivity index (χ2n) is 5.15. The number of allylic oxidation sites excluding steroid dienone is 1. The molecule has 0 aliphatic heterocycles. The molecule has 1 aromatic rings. The van der Waals surface area contributed by atoms with Crippen LogP contribution in [0.2, 0.25) is 0 Å². The molecule has 0 saturated heterocycles. The van der Waals surface area contributed by atoms with Crippen molar-refractivity contribution in [2.75, 3.05) is 27.2 Å². The topological polar surface area (TPSA) is 36.4 Å². The molecule has 0 atom stereocenters. The van der Waals surface area contributed by atoms with Gasteiger partial charge in [0.25, 0.3) is 0 Å². The van der Waals surface area contributed by atoms with Crippen LogP contribution in [0.3, 0.4) is 0 Å². The third-order valence-corrected chi connectivity index (χ3v) is 2.64. The van der Waals surface area contributed by atoms with Gasteiger partial charge in [0.1, 0.15) is 0 Å². The first kappa shape index (κ1) is 15.4. The average Bonchev–Trinajstić information content (AvgIpc) is 2.34. The summed E-state index contributed by atoms with van der Waals surface area (Å²) in [6, 6.07) is 3.89. The van der Waals surface area contributed by atoms with Crippen molar-refractivity contribution >= 4 is 5.91 Å². The van der Waals surface area contributed by atoms with Crippen LogP contribution in [0.1, 0.15) is 19.4 Å². The number of likely N-dealkylation sites (N-methyl/N-ethyl adjacent to an activating group) is 1. The smallest absolute Gasteiger partial charge is 0.246 e. The third-order valence-electron chi connectivity index (χ3n) is 2.64. The summed E-state index contributed by atoms with van der Waals surface area (Å²) in [5, 5.41) is 0. The predicted octanol–water partition coefficient (Wildman–Crippen LogP) is 1.94. The van der Waals surface area contributed by atoms with Crippen molar-refractivity contribution in [1.29, 1.82) is 0 Å². The molecule has 1 aromatic heterocycles. The van der Waals surface area contributed by atoms with Gasteiger partial charge in [-0.15, -0.1) is 0 Å². The fourth-order valence-corrected chi connectivity index (χ4v) is 1.64. The van der Waals surface area contributed by atoms with Crippen LogP contribution in [0.15, 0.2) is 36.2 Å². The third kappa shape index (κ3) is 6.15. The number of pyridine rings is 1. The van der Waals surface area contributed by atoms with E-state index in [2.05, 4.69) is 9.88 Å². The van der Waals surface area contributed by atoms with Crippen molar-refractivity contribution in [2.45, 2.75) is 20.4 Å². The van der Waals surface area contributed by atoms with Crippen LogP contribution in [-0.4, -0.2) is 47.9 Å². The van der Waals surface area contributed by atoms with Gasteiger partial charge >= 0.3 is 0 Å². The van der Waals surface area contributed by atoms with E-state index in [0.29, 0.717) is 13.1 Å². The lowest BCUT2D eigenvalue weighted by molar-refractivity contribution is -0.126. The fourth-order valence-electron chi connectivity index (χ4n) is 1.64. The molecule has 1 rings (SSSR count). The van der Waals surface area contributed by atoms with E-state index in [1.165, 1.54) is 0 Å². The van der Waals surface area contributed by atoms with Gasteiger partial charge in [0, 0.05) is 38.1 Å². The van der Waals surface area contributed by atoms with Gasteiger partial charge in [0.2, 0.25) is 5.91 Å². The molecule has 19 heavy (non-hydrogen) atoms. The largest absolute Gasteiger partial charge is 0.333 e. The molecular weight excluding hydrogens is 238 g/mol. The van der Waals surface area contributed by atoms with Crippen LogP contribution in [-0.2, 0) is 11.3 Å². The van der Waals surface area contributed by atoms with Gasteiger partial charge in [-0.05, 0) is 39.6 Å². The maximum absolute atomic E-state index is 12.2. The zero-order chi connectivity index (χ0) is 14.3. The molecule has 4 heteroatoms. The highest BCUT2D eigenvalue weighted by Crippen LogP contribution is 2.05. The van der Waals surface area contributed by atoms with Gasteiger partial charge in [-0.3, -0.25) is 9.78 Å². The summed E-state index contributed by atoms with van der Waals surface area (Å²) in [4.78, 5) is 20.2. The Morgan fingerprint density at radius 1 is 1.32 bits per heavy atom. The number of hydrogen-bond donors (Lipinski definition) is 0. The highest BCUT2D eigenvalue weighted by atomic mass is 16.2. The van der Waals surface area contributed by atoms with E-state index < -0.39 is 0 Å². The molecular formula is C15H23N3O. The Hall–Kier alpha value is -1.68. The van der Waals surface area contributed by atoms with Gasteiger partial charge in [-0.2, -0.15) is 0 Å². The molecule has 4 nitrogen and oxygen atoms in total. The average molecular weight is 261 g/mol. The molecule has 0 fully saturated rings. The molecule has 0 aromatic carbocycles. The first-order valence-electron chi connectivity index (χ1n) is 6.46. The fraction of sp³-hybridized carbons (Fsp3) is 0.467. The first-order valence-corrected chi connectivity index (χ1v) is 6.46. The van der Waals surface area contributed by atoms with Crippen molar-refractivity contribution in [3.8, 4) is 0 Å². The highest BCUT2D eigenvalue weighted by Gasteiger charge is 2.12. The zero-order valence-corrected chi connectivity index (χ0v) is 12.3. The van der Waals surface area contributed by atoms with Crippen LogP contribution in [0, 0.1) is 0 Å². The summed E-state index contributed by atoms with van der Waals surface area (Å²) in [5.41, 5.74) is 2.07. The second kappa shape index (κ2) is 7.69. The van der Waals surface area contributed by atoms with E-state index in [1.54, 1.807) is 18.5 Å². The molecule has 1 heterocycles. The van der Waals surface area contributed by atoms with Crippen LogP contribution in [0.5, 0.6) is 0 Å². The van der Waals surface area contributed by atoms with Crippen molar-refractivity contribution in [3.63, 3.8) is 0 Å². The minimum Gasteiger partial charge on any atom is -0.333 e. The van der Waals surface area contributed by atoms with Crippen molar-refractivity contribution < 1.29 is 4.79 Å². The molecule has 0 radical (unpaired) electrons. The van der Waals surface area contributed by atoms with Crippen molar-refractivity contribution in [1.82, 2.24) is 14.8 Å². The number of aromatic nitrogens is 1. The number of carbonyl (C=O) groups excluding carboxylic acids is 1. The number of amides is 1. The number of nitrogens with zero attached hydrogens (tertiary/aromatic N) is 3. The van der Waals surface area contributed by atoms with Crippen LogP contribution in [0.25, 0.3) is 0 Å². The van der Waals surface area contributed by atoms with Crippen LogP contribution in [0.4, 0.5) is 0 Å². The van der Waals surface area contributed by atoms with Gasteiger partial charge < -0.3 is 9.80 Å². The minimum absolute atomic E-state index is 0.0608. The van der Waals surface area contributed by atoms with Gasteiger partial charge in [-0.25, -0.2) is 0 Å². The summed E-state index contributed by atoms with van der Waals surface area (Å²) >= 11 is 0. The molecule has 104 valence electrons. The van der Waals surface area contributed by atoms with E-state index in [4.69, 9.17) is 0 Å². The Morgan fingerprint density at radius 2 is 2.05 bits per heavy atom. The van der Waals surface area contributed by atoms with Crippen molar-refractivity contribution in [2.24, 2.45) is 0 Å². The summed E-state index contributed by atoms with van der Waals surface area (Å²) in [6.45, 7) is 6.04. The van der Waals surface area contributed by atoms with E-state index in [1.807, 2.05) is 45.0 Å². The minimum atomic E-state index is 0.0608. The van der Waals surface area contributed by atoms with Crippen molar-refractivity contribution in [3.05, 3.63) is 41.7 Å². The second-order valence-corrected chi connectivity index (χ2v) is 5.15. The maximum Gasteiger partial charge on any atom is 0.246 e. The van der Waals surface area contributed by atoms with E-state index in [-0.39, 0.29) is 5.91 Å². The first-order chi connectivity index (χ1) is 8.99. The molecule has 0 bridgehead atoms. The van der Waals surface area contributed by atoms with E-state index in [9.17, 15) is 4.79 Å². The lowest BCUT2D eigenvalue weighted by Gasteiger charge is -2.23. The number of carbonyl (C=O) groups is 1. The quantitative estimate of drug-likeness (QED) is 0.734. The maximum atomic E-state index is 12.2. The Balaban J connectivity index is 2.74. The van der Waals surface area contributed by atoms with Gasteiger partial charge in [0.05, 0.1) is 0 Å². The Morgan fingerprint density at radius 3 is 2.58 bits per heavy atom. The standard InChI is InChI=1S/C15H23N3O/c1-13(2)10-15(19)18(9-8-17(3)4)12-14-6-5-7-16-11-14/h5-7,10-11H,8-9,12H2,1-4H3. The summed E-state index contributed by atoms with van der Waals surface area (Å²) in [7, 11) is 4.02. The van der Waals surface area contributed by atoms with Gasteiger partial charge in [-0.1, -0.05) is 11.6 Å². The van der Waals surface area contributed by atoms with E-state index in [0.717, 1.165) is 17.7 Å². The predicted molar refractivity (Wildman–Crippen MR) is 77.6 cm³/mol. The van der Waals surface area contributed by atoms with Gasteiger partial charge in [0.15, 0.2) is 0 Å². The molecule has 0 saturated carbocycles. The Kier molecular flexibility index (Phi) is 6.22. The zero-order valence-electron chi connectivity index (χ0n) is 12.3. The summed E-state index contributed by atoms with van der Waals surface area (Å²) < 4.78 is 0. The molecule has 0 aliphatic carbocycles. The Labute approximate surface area is 115 Å². The molecule has 0 aliphatic rings. The molecule has 0 unspecified atom stereocenters. The summed E-state index contributed by atoms with van der Waals surface area (Å²) in [5.74, 6) is 0.0608. The lowest BCUT2D eigenvalue weighted by atomic mass is 10.2. The Bertz CT molecular complexity index is 422. The highest BCUT2D eigenvalue weighted by molar-refractivity contribution is 5.88. The van der Waals surface area contributed by atoms with Crippen LogP contribution >= 0.6 is 0 Å². The molecule has 0 spiro atoms. The van der Waals surface area contributed by atoms with Crippen LogP contribution < -0.4 is 0 Å². The molecule has 1 amide bonds.